The lowest BCUT2D eigenvalue weighted by molar-refractivity contribution is -0.274. The highest BCUT2D eigenvalue weighted by Crippen LogP contribution is 2.29. The van der Waals surface area contributed by atoms with Gasteiger partial charge in [0.1, 0.15) is 6.07 Å². The summed E-state index contributed by atoms with van der Waals surface area (Å²) in [5, 5.41) is 8.74. The van der Waals surface area contributed by atoms with Crippen LogP contribution < -0.4 is 10.5 Å². The zero-order valence-electron chi connectivity index (χ0n) is 9.61. The smallest absolute Gasteiger partial charge is 0.462 e. The fourth-order valence-corrected chi connectivity index (χ4v) is 1.17. The third-order valence-electron chi connectivity index (χ3n) is 1.84. The Labute approximate surface area is 105 Å². The highest BCUT2D eigenvalue weighted by Gasteiger charge is 2.33. The van der Waals surface area contributed by atoms with Gasteiger partial charge in [-0.25, -0.2) is 9.78 Å². The van der Waals surface area contributed by atoms with E-state index in [1.165, 1.54) is 13.0 Å². The number of nitrogen functional groups attached to an aromatic ring is 1. The zero-order valence-corrected chi connectivity index (χ0v) is 9.61. The number of esters is 1. The van der Waals surface area contributed by atoms with Crippen LogP contribution in [0, 0.1) is 11.3 Å². The number of ether oxygens (including phenoxy) is 2. The van der Waals surface area contributed by atoms with E-state index in [0.717, 1.165) is 0 Å². The molecule has 6 nitrogen and oxygen atoms in total. The topological polar surface area (TPSA) is 98.2 Å². The standard InChI is InChI=1S/C10H8F3N3O3/c1-2-18-9(17)5-3-7(19-10(11,12)13)8(15)16-6(5)4-14/h3H,2H2,1H3,(H2,15,16). The Morgan fingerprint density at radius 3 is 2.68 bits per heavy atom. The van der Waals surface area contributed by atoms with E-state index in [0.29, 0.717) is 6.07 Å². The Kier molecular flexibility index (Phi) is 4.16. The molecule has 0 aliphatic carbocycles. The second-order valence-electron chi connectivity index (χ2n) is 3.15. The molecule has 0 radical (unpaired) electrons. The number of nitrogens with zero attached hydrogens (tertiary/aromatic N) is 2. The molecule has 0 spiro atoms. The first kappa shape index (κ1) is 14.6. The van der Waals surface area contributed by atoms with Crippen molar-refractivity contribution in [1.82, 2.24) is 4.98 Å². The minimum absolute atomic E-state index is 0.0104. The van der Waals surface area contributed by atoms with E-state index in [1.54, 1.807) is 0 Å². The molecule has 102 valence electrons. The Morgan fingerprint density at radius 2 is 2.21 bits per heavy atom. The number of halogens is 3. The Balaban J connectivity index is 3.26. The molecule has 0 atom stereocenters. The summed E-state index contributed by atoms with van der Waals surface area (Å²) in [5.41, 5.74) is 4.32. The molecular weight excluding hydrogens is 267 g/mol. The summed E-state index contributed by atoms with van der Waals surface area (Å²) in [5.74, 6) is -2.50. The number of anilines is 1. The lowest BCUT2D eigenvalue weighted by atomic mass is 10.2. The van der Waals surface area contributed by atoms with Crippen molar-refractivity contribution in [2.75, 3.05) is 12.3 Å². The van der Waals surface area contributed by atoms with E-state index < -0.39 is 35.2 Å². The summed E-state index contributed by atoms with van der Waals surface area (Å²) in [6.07, 6.45) is -4.99. The number of nitrogens with two attached hydrogens (primary N) is 1. The fraction of sp³-hybridized carbons (Fsp3) is 0.300. The first-order valence-electron chi connectivity index (χ1n) is 4.92. The van der Waals surface area contributed by atoms with Gasteiger partial charge in [0.2, 0.25) is 0 Å². The van der Waals surface area contributed by atoms with Crippen molar-refractivity contribution in [3.8, 4) is 11.8 Å². The quantitative estimate of drug-likeness (QED) is 0.841. The second kappa shape index (κ2) is 5.43. The Hall–Kier alpha value is -2.50. The summed E-state index contributed by atoms with van der Waals surface area (Å²) >= 11 is 0. The van der Waals surface area contributed by atoms with E-state index >= 15 is 0 Å². The normalized spacial score (nSPS) is 10.7. The van der Waals surface area contributed by atoms with Gasteiger partial charge in [-0.05, 0) is 6.92 Å². The fourth-order valence-electron chi connectivity index (χ4n) is 1.17. The van der Waals surface area contributed by atoms with Gasteiger partial charge < -0.3 is 15.2 Å². The van der Waals surface area contributed by atoms with Crippen LogP contribution in [0.2, 0.25) is 0 Å². The van der Waals surface area contributed by atoms with Crippen LogP contribution in [0.5, 0.6) is 5.75 Å². The molecule has 9 heteroatoms. The van der Waals surface area contributed by atoms with Crippen LogP contribution in [0.15, 0.2) is 6.07 Å². The van der Waals surface area contributed by atoms with Crippen molar-refractivity contribution in [3.05, 3.63) is 17.3 Å². The molecule has 0 aliphatic heterocycles. The van der Waals surface area contributed by atoms with Crippen molar-refractivity contribution in [3.63, 3.8) is 0 Å². The number of carbonyl (C=O) groups is 1. The second-order valence-corrected chi connectivity index (χ2v) is 3.15. The maximum Gasteiger partial charge on any atom is 0.573 e. The third kappa shape index (κ3) is 3.74. The number of pyridine rings is 1. The summed E-state index contributed by atoms with van der Waals surface area (Å²) < 4.78 is 44.5. The van der Waals surface area contributed by atoms with Crippen LogP contribution in [0.1, 0.15) is 23.0 Å². The molecule has 0 unspecified atom stereocenters. The Morgan fingerprint density at radius 1 is 1.58 bits per heavy atom. The number of rotatable bonds is 3. The molecule has 0 saturated carbocycles. The molecule has 1 aromatic rings. The summed E-state index contributed by atoms with van der Waals surface area (Å²) in [6, 6.07) is 2.21. The summed E-state index contributed by atoms with van der Waals surface area (Å²) in [4.78, 5) is 14.8. The van der Waals surface area contributed by atoms with Crippen LogP contribution in [-0.4, -0.2) is 23.9 Å². The molecule has 0 amide bonds. The molecular formula is C10H8F3N3O3. The molecule has 0 aliphatic rings. The number of hydrogen-bond acceptors (Lipinski definition) is 6. The number of aromatic nitrogens is 1. The van der Waals surface area contributed by atoms with Crippen LogP contribution in [0.4, 0.5) is 19.0 Å². The van der Waals surface area contributed by atoms with Gasteiger partial charge in [0.15, 0.2) is 17.3 Å². The van der Waals surface area contributed by atoms with E-state index in [-0.39, 0.29) is 6.61 Å². The van der Waals surface area contributed by atoms with Gasteiger partial charge in [-0.3, -0.25) is 0 Å². The minimum Gasteiger partial charge on any atom is -0.462 e. The van der Waals surface area contributed by atoms with E-state index in [9.17, 15) is 18.0 Å². The Bertz CT molecular complexity index is 537. The van der Waals surface area contributed by atoms with Gasteiger partial charge >= 0.3 is 12.3 Å². The molecule has 2 N–H and O–H groups in total. The SMILES string of the molecule is CCOC(=O)c1cc(OC(F)(F)F)c(N)nc1C#N. The molecule has 0 aromatic carbocycles. The molecule has 1 aromatic heterocycles. The van der Waals surface area contributed by atoms with Crippen molar-refractivity contribution in [1.29, 1.82) is 5.26 Å². The van der Waals surface area contributed by atoms with E-state index in [4.69, 9.17) is 11.0 Å². The van der Waals surface area contributed by atoms with Crippen molar-refractivity contribution >= 4 is 11.8 Å². The van der Waals surface area contributed by atoms with Gasteiger partial charge in [-0.1, -0.05) is 0 Å². The first-order valence-corrected chi connectivity index (χ1v) is 4.92. The minimum atomic E-state index is -4.99. The van der Waals surface area contributed by atoms with E-state index in [1.807, 2.05) is 0 Å². The van der Waals surface area contributed by atoms with Crippen molar-refractivity contribution in [2.24, 2.45) is 0 Å². The van der Waals surface area contributed by atoms with Gasteiger partial charge in [0, 0.05) is 6.07 Å². The van der Waals surface area contributed by atoms with Crippen molar-refractivity contribution < 1.29 is 27.4 Å². The lowest BCUT2D eigenvalue weighted by Crippen LogP contribution is -2.19. The lowest BCUT2D eigenvalue weighted by Gasteiger charge is -2.12. The van der Waals surface area contributed by atoms with Crippen LogP contribution >= 0.6 is 0 Å². The highest BCUT2D eigenvalue weighted by molar-refractivity contribution is 5.92. The molecule has 1 rings (SSSR count). The van der Waals surface area contributed by atoms with Crippen LogP contribution in [0.25, 0.3) is 0 Å². The molecule has 0 fully saturated rings. The number of hydrogen-bond donors (Lipinski definition) is 1. The largest absolute Gasteiger partial charge is 0.573 e. The maximum atomic E-state index is 12.1. The van der Waals surface area contributed by atoms with Crippen LogP contribution in [0.3, 0.4) is 0 Å². The average molecular weight is 275 g/mol. The monoisotopic (exact) mass is 275 g/mol. The highest BCUT2D eigenvalue weighted by atomic mass is 19.4. The van der Waals surface area contributed by atoms with Gasteiger partial charge in [0.25, 0.3) is 0 Å². The number of nitriles is 1. The first-order chi connectivity index (χ1) is 8.78. The zero-order chi connectivity index (χ0) is 14.6. The maximum absolute atomic E-state index is 12.1. The molecule has 0 bridgehead atoms. The average Bonchev–Trinajstić information content (AvgIpc) is 2.29. The summed E-state index contributed by atoms with van der Waals surface area (Å²) in [7, 11) is 0. The third-order valence-corrected chi connectivity index (χ3v) is 1.84. The van der Waals surface area contributed by atoms with Gasteiger partial charge in [-0.2, -0.15) is 5.26 Å². The molecule has 1 heterocycles. The molecule has 19 heavy (non-hydrogen) atoms. The van der Waals surface area contributed by atoms with Gasteiger partial charge in [0.05, 0.1) is 12.2 Å². The van der Waals surface area contributed by atoms with Crippen LogP contribution in [-0.2, 0) is 4.74 Å². The predicted octanol–water partition coefficient (Wildman–Crippen LogP) is 1.61. The summed E-state index contributed by atoms with van der Waals surface area (Å²) in [6.45, 7) is 1.49. The van der Waals surface area contributed by atoms with Crippen molar-refractivity contribution in [2.45, 2.75) is 13.3 Å². The number of carbonyl (C=O) groups excluding carboxylic acids is 1. The molecule has 0 saturated heterocycles. The van der Waals surface area contributed by atoms with Gasteiger partial charge in [-0.15, -0.1) is 13.2 Å². The number of alkyl halides is 3. The predicted molar refractivity (Wildman–Crippen MR) is 56.0 cm³/mol. The van der Waals surface area contributed by atoms with E-state index in [2.05, 4.69) is 14.5 Å².